The number of nitrogens with zero attached hydrogens (tertiary/aromatic N) is 2. The zero-order valence-electron chi connectivity index (χ0n) is 41.0. The van der Waals surface area contributed by atoms with Crippen LogP contribution in [0, 0.1) is 0 Å². The Hall–Kier alpha value is -7.50. The summed E-state index contributed by atoms with van der Waals surface area (Å²) in [5, 5.41) is 45.2. The summed E-state index contributed by atoms with van der Waals surface area (Å²) in [6, 6.07) is 31.6. The number of aromatic nitrogens is 1. The molecule has 75 heavy (non-hydrogen) atoms. The molecule has 1 aliphatic rings. The fourth-order valence-electron chi connectivity index (χ4n) is 7.79. The molecule has 2 atom stereocenters. The standard InChI is InChI=1S/C48H58N6O7.2C2HF3O2/c1-33(50-32-43(56)39-17-19-42(55)47-40(39)18-20-44(57)52-47)29-34-11-10-12-35(30-34)31-45(58)49-24-8-9-25-53(2)46(59)23-28-54-26-21-37(22-27-54)61-48(60)51-41-16-7-6-15-38(41)36-13-4-3-5-14-36;2*3-2(4,5)1(6)7/h3-7,10-20,30,33,37,43,50,55-56H,8-9,21-29,31-32H2,1-2H3,(H,49,58)(H,51,60)(H,52,57);2*(H,6,7). The first kappa shape index (κ1) is 60.1. The van der Waals surface area contributed by atoms with Gasteiger partial charge in [0.1, 0.15) is 11.9 Å². The van der Waals surface area contributed by atoms with Gasteiger partial charge < -0.3 is 50.6 Å². The van der Waals surface area contributed by atoms with Crippen molar-refractivity contribution in [3.05, 3.63) is 130 Å². The Kier molecular flexibility index (Phi) is 23.1. The van der Waals surface area contributed by atoms with Crippen LogP contribution in [0.3, 0.4) is 0 Å². The number of benzene rings is 4. The Bertz CT molecular complexity index is 2710. The number of likely N-dealkylation sites (tertiary alicyclic amines) is 1. The molecule has 4 aromatic carbocycles. The van der Waals surface area contributed by atoms with Gasteiger partial charge in [-0.15, -0.1) is 0 Å². The van der Waals surface area contributed by atoms with Gasteiger partial charge in [-0.1, -0.05) is 78.9 Å². The number of phenols is 1. The van der Waals surface area contributed by atoms with Crippen LogP contribution in [0.5, 0.6) is 5.75 Å². The van der Waals surface area contributed by atoms with Crippen LogP contribution in [0.4, 0.5) is 36.8 Å². The summed E-state index contributed by atoms with van der Waals surface area (Å²) in [7, 11) is 1.82. The fourth-order valence-corrected chi connectivity index (χ4v) is 7.79. The van der Waals surface area contributed by atoms with E-state index in [4.69, 9.17) is 24.5 Å². The smallest absolute Gasteiger partial charge is 0.490 e. The third-order valence-corrected chi connectivity index (χ3v) is 11.7. The maximum atomic E-state index is 12.9. The second-order valence-corrected chi connectivity index (χ2v) is 17.5. The van der Waals surface area contributed by atoms with Crippen molar-refractivity contribution in [1.29, 1.82) is 0 Å². The summed E-state index contributed by atoms with van der Waals surface area (Å²) in [6.07, 6.45) is -7.31. The highest BCUT2D eigenvalue weighted by Crippen LogP contribution is 2.30. The average molecular weight is 1060 g/mol. The van der Waals surface area contributed by atoms with E-state index in [1.807, 2.05) is 92.8 Å². The Balaban J connectivity index is 0.000000763. The number of rotatable bonds is 19. The molecule has 1 saturated heterocycles. The van der Waals surface area contributed by atoms with E-state index >= 15 is 0 Å². The lowest BCUT2D eigenvalue weighted by molar-refractivity contribution is -0.193. The van der Waals surface area contributed by atoms with E-state index in [-0.39, 0.29) is 48.2 Å². The number of halogens is 6. The van der Waals surface area contributed by atoms with Gasteiger partial charge in [-0.3, -0.25) is 19.7 Å². The summed E-state index contributed by atoms with van der Waals surface area (Å²) < 4.78 is 69.2. The largest absolute Gasteiger partial charge is 0.506 e. The van der Waals surface area contributed by atoms with Gasteiger partial charge in [0.25, 0.3) is 0 Å². The van der Waals surface area contributed by atoms with E-state index in [1.54, 1.807) is 17.0 Å². The van der Waals surface area contributed by atoms with Crippen LogP contribution in [-0.4, -0.2) is 136 Å². The molecule has 1 aromatic heterocycles. The second kappa shape index (κ2) is 28.8. The molecule has 8 N–H and O–H groups in total. The molecular weight excluding hydrogens is 999 g/mol. The normalized spacial score (nSPS) is 13.7. The maximum absolute atomic E-state index is 12.9. The van der Waals surface area contributed by atoms with Crippen molar-refractivity contribution in [1.82, 2.24) is 25.4 Å². The molecule has 0 spiro atoms. The molecule has 2 unspecified atom stereocenters. The number of carboxylic acids is 2. The Labute approximate surface area is 427 Å². The number of aromatic hydroxyl groups is 1. The number of amides is 3. The maximum Gasteiger partial charge on any atom is 0.490 e. The van der Waals surface area contributed by atoms with E-state index in [2.05, 4.69) is 25.8 Å². The first-order valence-electron chi connectivity index (χ1n) is 23.7. The van der Waals surface area contributed by atoms with E-state index in [0.29, 0.717) is 67.5 Å². The molecule has 0 bridgehead atoms. The number of unbranched alkanes of at least 4 members (excludes halogenated alkanes) is 1. The van der Waals surface area contributed by atoms with Crippen LogP contribution >= 0.6 is 0 Å². The number of hydrogen-bond donors (Lipinski definition) is 8. The van der Waals surface area contributed by atoms with Crippen molar-refractivity contribution in [3.8, 4) is 16.9 Å². The summed E-state index contributed by atoms with van der Waals surface area (Å²) in [6.45, 7) is 5.63. The van der Waals surface area contributed by atoms with E-state index in [9.17, 15) is 55.7 Å². The molecule has 1 aliphatic heterocycles. The van der Waals surface area contributed by atoms with Crippen LogP contribution in [0.1, 0.15) is 61.8 Å². The number of aromatic amines is 1. The minimum Gasteiger partial charge on any atom is -0.506 e. The number of carboxylic acid groups (broad SMARTS) is 2. The van der Waals surface area contributed by atoms with Crippen molar-refractivity contribution in [2.75, 3.05) is 51.6 Å². The van der Waals surface area contributed by atoms with Gasteiger partial charge in [-0.2, -0.15) is 26.3 Å². The second-order valence-electron chi connectivity index (χ2n) is 17.5. The molecule has 0 saturated carbocycles. The van der Waals surface area contributed by atoms with Crippen LogP contribution < -0.4 is 21.5 Å². The topological polar surface area (TPSA) is 251 Å². The number of anilines is 1. The lowest BCUT2D eigenvalue weighted by Crippen LogP contribution is -2.40. The Morgan fingerprint density at radius 3 is 2.11 bits per heavy atom. The van der Waals surface area contributed by atoms with Gasteiger partial charge in [-0.25, -0.2) is 14.4 Å². The Morgan fingerprint density at radius 1 is 0.827 bits per heavy atom. The van der Waals surface area contributed by atoms with E-state index in [1.165, 1.54) is 12.1 Å². The number of fused-ring (bicyclic) bond motifs is 1. The predicted octanol–water partition coefficient (Wildman–Crippen LogP) is 7.42. The number of aliphatic hydroxyl groups is 1. The molecule has 0 aliphatic carbocycles. The van der Waals surface area contributed by atoms with Gasteiger partial charge in [0.05, 0.1) is 23.7 Å². The highest BCUT2D eigenvalue weighted by molar-refractivity contribution is 5.91. The highest BCUT2D eigenvalue weighted by Gasteiger charge is 2.39. The van der Waals surface area contributed by atoms with E-state index < -0.39 is 36.5 Å². The number of piperidine rings is 1. The van der Waals surface area contributed by atoms with Crippen LogP contribution in [0.2, 0.25) is 0 Å². The molecule has 0 radical (unpaired) electrons. The zero-order chi connectivity index (χ0) is 55.3. The zero-order valence-corrected chi connectivity index (χ0v) is 41.0. The minimum absolute atomic E-state index is 0.0291. The van der Waals surface area contributed by atoms with Gasteiger partial charge in [-0.05, 0) is 79.5 Å². The van der Waals surface area contributed by atoms with Crippen LogP contribution in [0.15, 0.2) is 108 Å². The lowest BCUT2D eigenvalue weighted by Gasteiger charge is -2.31. The molecule has 5 aromatic rings. The number of para-hydroxylation sites is 1. The number of H-pyrrole nitrogens is 1. The van der Waals surface area contributed by atoms with Gasteiger partial charge in [0.2, 0.25) is 17.4 Å². The number of aliphatic carboxylic acids is 2. The lowest BCUT2D eigenvalue weighted by atomic mass is 10.0. The molecule has 23 heteroatoms. The first-order chi connectivity index (χ1) is 35.4. The third-order valence-electron chi connectivity index (χ3n) is 11.7. The van der Waals surface area contributed by atoms with Crippen molar-refractivity contribution < 1.29 is 75.5 Å². The van der Waals surface area contributed by atoms with Gasteiger partial charge in [0.15, 0.2) is 0 Å². The fraction of sp³-hybridized carbons (Fsp3) is 0.385. The SMILES string of the molecule is CC(Cc1cccc(CC(=O)NCCCCN(C)C(=O)CCN2CCC(OC(=O)Nc3ccccc3-c3ccccc3)CC2)c1)NCC(O)c1ccc(O)c2[nH]c(=O)ccc12.O=C(O)C(F)(F)F.O=C(O)C(F)(F)F. The minimum atomic E-state index is -5.08. The van der Waals surface area contributed by atoms with Gasteiger partial charge in [0, 0.05) is 75.8 Å². The Morgan fingerprint density at radius 2 is 1.45 bits per heavy atom. The van der Waals surface area contributed by atoms with Gasteiger partial charge >= 0.3 is 30.4 Å². The number of carbonyl (C=O) groups is 5. The number of pyridine rings is 1. The molecule has 1 fully saturated rings. The summed E-state index contributed by atoms with van der Waals surface area (Å²) in [4.78, 5) is 74.6. The molecule has 3 amide bonds. The first-order valence-corrected chi connectivity index (χ1v) is 23.7. The number of aliphatic hydroxyl groups excluding tert-OH is 1. The highest BCUT2D eigenvalue weighted by atomic mass is 19.4. The quantitative estimate of drug-likeness (QED) is 0.0297. The van der Waals surface area contributed by atoms with Crippen molar-refractivity contribution >= 4 is 46.4 Å². The molecule has 6 rings (SSSR count). The predicted molar refractivity (Wildman–Crippen MR) is 266 cm³/mol. The summed E-state index contributed by atoms with van der Waals surface area (Å²) in [5.74, 6) is -5.53. The molecule has 2 heterocycles. The van der Waals surface area contributed by atoms with E-state index in [0.717, 1.165) is 48.2 Å². The number of carbonyl (C=O) groups excluding carboxylic acids is 3. The van der Waals surface area contributed by atoms with Crippen LogP contribution in [0.25, 0.3) is 22.0 Å². The molecule has 17 nitrogen and oxygen atoms in total. The monoisotopic (exact) mass is 1060 g/mol. The summed E-state index contributed by atoms with van der Waals surface area (Å²) >= 11 is 0. The molecular formula is C52H60F6N6O11. The molecule has 406 valence electrons. The van der Waals surface area contributed by atoms with Crippen molar-refractivity contribution in [3.63, 3.8) is 0 Å². The number of hydrogen-bond acceptors (Lipinski definition) is 11. The van der Waals surface area contributed by atoms with Crippen molar-refractivity contribution in [2.45, 2.75) is 82.5 Å². The number of ether oxygens (including phenoxy) is 1. The third kappa shape index (κ3) is 20.7. The number of alkyl halides is 6. The number of phenolic OH excluding ortho intramolecular Hbond substituents is 1. The average Bonchev–Trinajstić information content (AvgIpc) is 3.35. The summed E-state index contributed by atoms with van der Waals surface area (Å²) in [5.41, 5.74) is 5.22. The van der Waals surface area contributed by atoms with Crippen LogP contribution in [-0.2, 0) is 36.8 Å². The van der Waals surface area contributed by atoms with Crippen molar-refractivity contribution in [2.24, 2.45) is 0 Å². The number of nitrogens with one attached hydrogen (secondary N) is 4.